The van der Waals surface area contributed by atoms with Crippen LogP contribution in [0.25, 0.3) is 11.3 Å². The Labute approximate surface area is 137 Å². The number of aromatic amines is 1. The first kappa shape index (κ1) is 15.2. The Bertz CT molecular complexity index is 860. The Hall–Kier alpha value is -2.66. The van der Waals surface area contributed by atoms with Gasteiger partial charge < -0.3 is 5.32 Å². The summed E-state index contributed by atoms with van der Waals surface area (Å²) in [5, 5.41) is 3.65. The minimum Gasteiger partial charge on any atom is -0.352 e. The molecule has 0 saturated carbocycles. The average molecular weight is 330 g/mol. The minimum atomic E-state index is -0.287. The van der Waals surface area contributed by atoms with E-state index in [1.54, 1.807) is 36.4 Å². The van der Waals surface area contributed by atoms with Crippen molar-refractivity contribution in [3.8, 4) is 11.3 Å². The van der Waals surface area contributed by atoms with Gasteiger partial charge in [0.05, 0.1) is 5.69 Å². The average Bonchev–Trinajstić information content (AvgIpc) is 2.54. The van der Waals surface area contributed by atoms with Crippen LogP contribution >= 0.6 is 11.6 Å². The molecule has 0 unspecified atom stereocenters. The molecule has 0 aliphatic rings. The van der Waals surface area contributed by atoms with Crippen LogP contribution in [0.15, 0.2) is 59.4 Å². The van der Waals surface area contributed by atoms with Gasteiger partial charge >= 0.3 is 0 Å². The number of rotatable bonds is 4. The highest BCUT2D eigenvalue weighted by Gasteiger charge is 2.04. The molecule has 1 aromatic heterocycles. The molecule has 4 nitrogen and oxygen atoms in total. The van der Waals surface area contributed by atoms with E-state index in [1.807, 2.05) is 0 Å². The number of anilines is 1. The van der Waals surface area contributed by atoms with Crippen LogP contribution in [0.1, 0.15) is 5.56 Å². The zero-order valence-electron chi connectivity index (χ0n) is 12.0. The summed E-state index contributed by atoms with van der Waals surface area (Å²) in [6, 6.07) is 14.6. The first-order valence-corrected chi connectivity index (χ1v) is 7.33. The highest BCUT2D eigenvalue weighted by atomic mass is 35.5. The SMILES string of the molecule is O=c1cc(-c2ccc(Cl)cc2)nc(NCc2ccc(F)cc2)[nH]1. The van der Waals surface area contributed by atoms with Crippen LogP contribution in [0.2, 0.25) is 5.02 Å². The van der Waals surface area contributed by atoms with Crippen LogP contribution in [0.5, 0.6) is 0 Å². The van der Waals surface area contributed by atoms with Gasteiger partial charge in [-0.15, -0.1) is 0 Å². The summed E-state index contributed by atoms with van der Waals surface area (Å²) in [5.41, 5.74) is 1.97. The van der Waals surface area contributed by atoms with Crippen LogP contribution in [0, 0.1) is 5.82 Å². The van der Waals surface area contributed by atoms with Crippen molar-refractivity contribution in [3.63, 3.8) is 0 Å². The van der Waals surface area contributed by atoms with E-state index in [-0.39, 0.29) is 11.4 Å². The number of nitrogens with one attached hydrogen (secondary N) is 2. The zero-order chi connectivity index (χ0) is 16.2. The fourth-order valence-electron chi connectivity index (χ4n) is 2.10. The van der Waals surface area contributed by atoms with Crippen molar-refractivity contribution >= 4 is 17.5 Å². The molecule has 0 bridgehead atoms. The van der Waals surface area contributed by atoms with Crippen LogP contribution in [0.4, 0.5) is 10.3 Å². The molecule has 0 aliphatic carbocycles. The van der Waals surface area contributed by atoms with Gasteiger partial charge in [0, 0.05) is 23.2 Å². The van der Waals surface area contributed by atoms with Crippen molar-refractivity contribution < 1.29 is 4.39 Å². The number of aromatic nitrogens is 2. The maximum atomic E-state index is 12.9. The summed E-state index contributed by atoms with van der Waals surface area (Å²) in [6.45, 7) is 0.424. The smallest absolute Gasteiger partial charge is 0.252 e. The lowest BCUT2D eigenvalue weighted by Gasteiger charge is -2.07. The first-order valence-electron chi connectivity index (χ1n) is 6.96. The van der Waals surface area contributed by atoms with Crippen molar-refractivity contribution in [2.45, 2.75) is 6.54 Å². The van der Waals surface area contributed by atoms with Gasteiger partial charge in [-0.1, -0.05) is 35.9 Å². The quantitative estimate of drug-likeness (QED) is 0.764. The topological polar surface area (TPSA) is 57.8 Å². The Morgan fingerprint density at radius 2 is 1.78 bits per heavy atom. The van der Waals surface area contributed by atoms with Gasteiger partial charge in [0.1, 0.15) is 5.82 Å². The maximum Gasteiger partial charge on any atom is 0.252 e. The Morgan fingerprint density at radius 3 is 2.48 bits per heavy atom. The van der Waals surface area contributed by atoms with E-state index in [1.165, 1.54) is 18.2 Å². The van der Waals surface area contributed by atoms with Crippen molar-refractivity contribution in [2.24, 2.45) is 0 Å². The summed E-state index contributed by atoms with van der Waals surface area (Å²) in [5.74, 6) is 0.0665. The molecule has 0 fully saturated rings. The number of nitrogens with zero attached hydrogens (tertiary/aromatic N) is 1. The van der Waals surface area contributed by atoms with Crippen LogP contribution in [0.3, 0.4) is 0 Å². The standard InChI is InChI=1S/C17H13ClFN3O/c18-13-5-3-12(4-6-13)15-9-16(23)22-17(21-15)20-10-11-1-7-14(19)8-2-11/h1-9H,10H2,(H2,20,21,22,23). The molecule has 0 atom stereocenters. The summed E-state index contributed by atoms with van der Waals surface area (Å²) in [6.07, 6.45) is 0. The van der Waals surface area contributed by atoms with E-state index < -0.39 is 0 Å². The minimum absolute atomic E-state index is 0.258. The highest BCUT2D eigenvalue weighted by Crippen LogP contribution is 2.19. The molecule has 0 amide bonds. The predicted octanol–water partition coefficient (Wildman–Crippen LogP) is 3.84. The zero-order valence-corrected chi connectivity index (χ0v) is 12.8. The van der Waals surface area contributed by atoms with Gasteiger partial charge in [-0.05, 0) is 29.8 Å². The fraction of sp³-hybridized carbons (Fsp3) is 0.0588. The van der Waals surface area contributed by atoms with E-state index in [9.17, 15) is 9.18 Å². The number of halogens is 2. The molecule has 3 aromatic rings. The van der Waals surface area contributed by atoms with Crippen molar-refractivity contribution in [2.75, 3.05) is 5.32 Å². The van der Waals surface area contributed by atoms with Gasteiger partial charge in [0.2, 0.25) is 5.95 Å². The summed E-state index contributed by atoms with van der Waals surface area (Å²) in [7, 11) is 0. The monoisotopic (exact) mass is 329 g/mol. The number of hydrogen-bond acceptors (Lipinski definition) is 3. The largest absolute Gasteiger partial charge is 0.352 e. The number of H-pyrrole nitrogens is 1. The number of hydrogen-bond donors (Lipinski definition) is 2. The third-order valence-electron chi connectivity index (χ3n) is 3.25. The van der Waals surface area contributed by atoms with E-state index in [0.29, 0.717) is 23.2 Å². The number of benzene rings is 2. The van der Waals surface area contributed by atoms with Gasteiger partial charge in [-0.25, -0.2) is 9.37 Å². The summed E-state index contributed by atoms with van der Waals surface area (Å²) in [4.78, 5) is 18.8. The lowest BCUT2D eigenvalue weighted by atomic mass is 10.1. The van der Waals surface area contributed by atoms with Crippen LogP contribution in [-0.2, 0) is 6.54 Å². The molecule has 23 heavy (non-hydrogen) atoms. The van der Waals surface area contributed by atoms with E-state index >= 15 is 0 Å². The van der Waals surface area contributed by atoms with Crippen molar-refractivity contribution in [3.05, 3.63) is 81.4 Å². The lowest BCUT2D eigenvalue weighted by Crippen LogP contribution is -2.12. The highest BCUT2D eigenvalue weighted by molar-refractivity contribution is 6.30. The molecule has 2 aromatic carbocycles. The van der Waals surface area contributed by atoms with Crippen molar-refractivity contribution in [1.82, 2.24) is 9.97 Å². The van der Waals surface area contributed by atoms with E-state index in [0.717, 1.165) is 11.1 Å². The molecule has 2 N–H and O–H groups in total. The molecule has 0 spiro atoms. The second-order valence-electron chi connectivity index (χ2n) is 4.97. The van der Waals surface area contributed by atoms with Crippen molar-refractivity contribution in [1.29, 1.82) is 0 Å². The molecule has 0 aliphatic heterocycles. The fourth-order valence-corrected chi connectivity index (χ4v) is 2.22. The van der Waals surface area contributed by atoms with Gasteiger partial charge in [-0.2, -0.15) is 0 Å². The Balaban J connectivity index is 1.81. The normalized spacial score (nSPS) is 10.5. The summed E-state index contributed by atoms with van der Waals surface area (Å²) < 4.78 is 12.9. The van der Waals surface area contributed by atoms with E-state index in [4.69, 9.17) is 11.6 Å². The molecular formula is C17H13ClFN3O. The third kappa shape index (κ3) is 3.96. The van der Waals surface area contributed by atoms with E-state index in [2.05, 4.69) is 15.3 Å². The maximum absolute atomic E-state index is 12.9. The van der Waals surface area contributed by atoms with Crippen LogP contribution in [-0.4, -0.2) is 9.97 Å². The Morgan fingerprint density at radius 1 is 1.09 bits per heavy atom. The molecule has 116 valence electrons. The molecule has 1 heterocycles. The molecular weight excluding hydrogens is 317 g/mol. The second-order valence-corrected chi connectivity index (χ2v) is 5.40. The Kier molecular flexibility index (Phi) is 4.39. The van der Waals surface area contributed by atoms with Crippen LogP contribution < -0.4 is 10.9 Å². The lowest BCUT2D eigenvalue weighted by molar-refractivity contribution is 0.627. The third-order valence-corrected chi connectivity index (χ3v) is 3.51. The van der Waals surface area contributed by atoms with Gasteiger partial charge in [0.25, 0.3) is 5.56 Å². The van der Waals surface area contributed by atoms with Gasteiger partial charge in [0.15, 0.2) is 0 Å². The molecule has 3 rings (SSSR count). The predicted molar refractivity (Wildman–Crippen MR) is 89.0 cm³/mol. The summed E-state index contributed by atoms with van der Waals surface area (Å²) >= 11 is 5.86. The van der Waals surface area contributed by atoms with Gasteiger partial charge in [-0.3, -0.25) is 9.78 Å². The first-order chi connectivity index (χ1) is 11.1. The molecule has 6 heteroatoms. The second kappa shape index (κ2) is 6.62. The molecule has 0 saturated heterocycles. The molecule has 0 radical (unpaired) electrons.